The molecule has 0 radical (unpaired) electrons. The molecule has 0 aromatic heterocycles. The molecule has 6 nitrogen and oxygen atoms in total. The number of hydrogen-bond acceptors (Lipinski definition) is 6. The molecule has 1 aromatic rings. The molecule has 0 unspecified atom stereocenters. The lowest BCUT2D eigenvalue weighted by Crippen LogP contribution is -2.36. The fourth-order valence-corrected chi connectivity index (χ4v) is 3.88. The molecule has 1 aliphatic carbocycles. The minimum Gasteiger partial charge on any atom is -0.496 e. The van der Waals surface area contributed by atoms with E-state index in [4.69, 9.17) is 19.9 Å². The van der Waals surface area contributed by atoms with E-state index in [1.165, 1.54) is 0 Å². The predicted molar refractivity (Wildman–Crippen MR) is 104 cm³/mol. The summed E-state index contributed by atoms with van der Waals surface area (Å²) in [6, 6.07) is 7.31. The van der Waals surface area contributed by atoms with Crippen molar-refractivity contribution in [2.24, 2.45) is 11.1 Å². The zero-order valence-electron chi connectivity index (χ0n) is 17.0. The van der Waals surface area contributed by atoms with Crippen molar-refractivity contribution in [3.05, 3.63) is 52.6 Å². The average Bonchev–Trinajstić information content (AvgIpc) is 2.58. The minimum absolute atomic E-state index is 0.0224. The van der Waals surface area contributed by atoms with Crippen molar-refractivity contribution in [1.82, 2.24) is 0 Å². The first-order valence-electron chi connectivity index (χ1n) is 9.42. The molecule has 0 spiro atoms. The molecule has 0 saturated carbocycles. The van der Waals surface area contributed by atoms with Crippen molar-refractivity contribution in [3.8, 4) is 5.75 Å². The Balaban J connectivity index is 2.21. The number of hydrogen-bond donors (Lipinski definition) is 1. The van der Waals surface area contributed by atoms with Gasteiger partial charge in [0.15, 0.2) is 5.78 Å². The number of carbonyl (C=O) groups excluding carboxylic acids is 2. The van der Waals surface area contributed by atoms with Gasteiger partial charge in [0.2, 0.25) is 5.88 Å². The van der Waals surface area contributed by atoms with E-state index >= 15 is 0 Å². The van der Waals surface area contributed by atoms with Crippen molar-refractivity contribution in [2.45, 2.75) is 52.6 Å². The summed E-state index contributed by atoms with van der Waals surface area (Å²) >= 11 is 0. The monoisotopic (exact) mass is 385 g/mol. The number of allylic oxidation sites excluding steroid dienone is 2. The highest BCUT2D eigenvalue weighted by Crippen LogP contribution is 2.49. The first-order valence-corrected chi connectivity index (χ1v) is 9.42. The number of nitrogens with two attached hydrogens (primary N) is 1. The zero-order chi connectivity index (χ0) is 20.6. The summed E-state index contributed by atoms with van der Waals surface area (Å²) in [5, 5.41) is 0. The summed E-state index contributed by atoms with van der Waals surface area (Å²) in [7, 11) is 1.55. The number of benzene rings is 1. The standard InChI is InChI=1S/C22H27NO5/c1-12(2)27-21(25)19-17(13-8-6-7-9-15(13)26-5)18-14(24)10-22(3,4)11-16(18)28-20(19)23/h6-9,12,17H,10-11,23H2,1-5H3/t17-/m0/s1. The Morgan fingerprint density at radius 3 is 2.57 bits per heavy atom. The highest BCUT2D eigenvalue weighted by molar-refractivity contribution is 6.03. The third kappa shape index (κ3) is 3.63. The van der Waals surface area contributed by atoms with E-state index in [-0.39, 0.29) is 28.8 Å². The van der Waals surface area contributed by atoms with Gasteiger partial charge in [-0.25, -0.2) is 4.79 Å². The highest BCUT2D eigenvalue weighted by Gasteiger charge is 2.45. The second kappa shape index (κ2) is 7.34. The number of methoxy groups -OCH3 is 1. The van der Waals surface area contributed by atoms with Crippen LogP contribution in [0.25, 0.3) is 0 Å². The molecule has 0 fully saturated rings. The number of esters is 1. The van der Waals surface area contributed by atoms with E-state index in [0.29, 0.717) is 35.5 Å². The van der Waals surface area contributed by atoms with Gasteiger partial charge < -0.3 is 19.9 Å². The van der Waals surface area contributed by atoms with Gasteiger partial charge in [-0.05, 0) is 25.3 Å². The van der Waals surface area contributed by atoms with Crippen LogP contribution in [-0.2, 0) is 19.1 Å². The van der Waals surface area contributed by atoms with Crippen molar-refractivity contribution >= 4 is 11.8 Å². The van der Waals surface area contributed by atoms with E-state index in [9.17, 15) is 9.59 Å². The second-order valence-electron chi connectivity index (χ2n) is 8.29. The predicted octanol–water partition coefficient (Wildman–Crippen LogP) is 3.57. The van der Waals surface area contributed by atoms with Crippen LogP contribution in [0.2, 0.25) is 0 Å². The maximum absolute atomic E-state index is 13.1. The molecule has 150 valence electrons. The fraction of sp³-hybridized carbons (Fsp3) is 0.455. The lowest BCUT2D eigenvalue weighted by Gasteiger charge is -2.38. The smallest absolute Gasteiger partial charge is 0.340 e. The second-order valence-corrected chi connectivity index (χ2v) is 8.29. The van der Waals surface area contributed by atoms with Crippen LogP contribution in [0.3, 0.4) is 0 Å². The Morgan fingerprint density at radius 1 is 1.25 bits per heavy atom. The summed E-state index contributed by atoms with van der Waals surface area (Å²) in [6.45, 7) is 7.54. The molecule has 1 aliphatic heterocycles. The maximum Gasteiger partial charge on any atom is 0.340 e. The largest absolute Gasteiger partial charge is 0.496 e. The number of ether oxygens (including phenoxy) is 3. The van der Waals surface area contributed by atoms with Gasteiger partial charge in [-0.15, -0.1) is 0 Å². The number of ketones is 1. The third-order valence-corrected chi connectivity index (χ3v) is 4.97. The molecule has 0 saturated heterocycles. The van der Waals surface area contributed by atoms with Gasteiger partial charge in [-0.1, -0.05) is 32.0 Å². The topological polar surface area (TPSA) is 87.8 Å². The van der Waals surface area contributed by atoms with E-state index in [0.717, 1.165) is 0 Å². The molecular weight excluding hydrogens is 358 g/mol. The molecule has 3 rings (SSSR count). The summed E-state index contributed by atoms with van der Waals surface area (Å²) in [4.78, 5) is 26.0. The summed E-state index contributed by atoms with van der Waals surface area (Å²) in [6.07, 6.45) is 0.600. The summed E-state index contributed by atoms with van der Waals surface area (Å²) < 4.78 is 16.7. The van der Waals surface area contributed by atoms with Gasteiger partial charge in [-0.2, -0.15) is 0 Å². The molecule has 1 aromatic carbocycles. The molecule has 0 bridgehead atoms. The van der Waals surface area contributed by atoms with E-state index in [1.54, 1.807) is 27.0 Å². The van der Waals surface area contributed by atoms with Crippen molar-refractivity contribution in [1.29, 1.82) is 0 Å². The molecular formula is C22H27NO5. The zero-order valence-corrected chi connectivity index (χ0v) is 17.0. The van der Waals surface area contributed by atoms with Crippen LogP contribution < -0.4 is 10.5 Å². The summed E-state index contributed by atoms with van der Waals surface area (Å²) in [5.74, 6) is -0.255. The quantitative estimate of drug-likeness (QED) is 0.797. The van der Waals surface area contributed by atoms with Gasteiger partial charge in [0.1, 0.15) is 17.1 Å². The maximum atomic E-state index is 13.1. The van der Waals surface area contributed by atoms with Gasteiger partial charge in [0, 0.05) is 24.0 Å². The Bertz CT molecular complexity index is 879. The van der Waals surface area contributed by atoms with Crippen LogP contribution in [-0.4, -0.2) is 25.0 Å². The van der Waals surface area contributed by atoms with E-state index < -0.39 is 11.9 Å². The normalized spacial score (nSPS) is 21.4. The molecule has 1 heterocycles. The van der Waals surface area contributed by atoms with Gasteiger partial charge >= 0.3 is 5.97 Å². The molecule has 1 atom stereocenters. The van der Waals surface area contributed by atoms with Crippen molar-refractivity contribution < 1.29 is 23.8 Å². The van der Waals surface area contributed by atoms with Crippen LogP contribution >= 0.6 is 0 Å². The number of carbonyl (C=O) groups is 2. The van der Waals surface area contributed by atoms with Crippen LogP contribution in [0.5, 0.6) is 5.75 Å². The minimum atomic E-state index is -0.685. The van der Waals surface area contributed by atoms with Crippen LogP contribution in [0, 0.1) is 5.41 Å². The molecule has 2 aliphatic rings. The fourth-order valence-electron chi connectivity index (χ4n) is 3.88. The first-order chi connectivity index (χ1) is 13.1. The van der Waals surface area contributed by atoms with Crippen LogP contribution in [0.4, 0.5) is 0 Å². The Hall–Kier alpha value is -2.76. The first kappa shape index (κ1) is 20.0. The SMILES string of the molecule is COc1ccccc1[C@@H]1C(C(=O)OC(C)C)=C(N)OC2=C1C(=O)CC(C)(C)C2. The lowest BCUT2D eigenvalue weighted by molar-refractivity contribution is -0.143. The van der Waals surface area contributed by atoms with E-state index in [1.807, 2.05) is 32.0 Å². The van der Waals surface area contributed by atoms with Gasteiger partial charge in [-0.3, -0.25) is 4.79 Å². The van der Waals surface area contributed by atoms with Crippen LogP contribution in [0.15, 0.2) is 47.1 Å². The number of para-hydroxylation sites is 1. The Labute approximate surface area is 165 Å². The van der Waals surface area contributed by atoms with Crippen molar-refractivity contribution in [2.75, 3.05) is 7.11 Å². The Kier molecular flexibility index (Phi) is 5.24. The number of Topliss-reactive ketones (excluding diaryl/α,β-unsaturated/α-hetero) is 1. The molecule has 28 heavy (non-hydrogen) atoms. The summed E-state index contributed by atoms with van der Waals surface area (Å²) in [5.41, 5.74) is 7.25. The molecule has 2 N–H and O–H groups in total. The molecule has 6 heteroatoms. The third-order valence-electron chi connectivity index (χ3n) is 4.97. The average molecular weight is 385 g/mol. The van der Waals surface area contributed by atoms with Crippen molar-refractivity contribution in [3.63, 3.8) is 0 Å². The van der Waals surface area contributed by atoms with Gasteiger partial charge in [0.05, 0.1) is 19.1 Å². The number of rotatable bonds is 4. The van der Waals surface area contributed by atoms with Crippen LogP contribution in [0.1, 0.15) is 52.0 Å². The van der Waals surface area contributed by atoms with E-state index in [2.05, 4.69) is 0 Å². The van der Waals surface area contributed by atoms with Gasteiger partial charge in [0.25, 0.3) is 0 Å². The Morgan fingerprint density at radius 2 is 1.93 bits per heavy atom. The lowest BCUT2D eigenvalue weighted by atomic mass is 9.70. The highest BCUT2D eigenvalue weighted by atomic mass is 16.5. The molecule has 0 amide bonds.